The highest BCUT2D eigenvalue weighted by molar-refractivity contribution is 9.10. The molecule has 2 aromatic rings. The topological polar surface area (TPSA) is 151 Å². The molecule has 3 amide bonds. The maximum absolute atomic E-state index is 13.0. The molecule has 0 aliphatic rings. The fraction of sp³-hybridized carbons (Fsp3) is 0.364. The molecule has 2 rings (SSSR count). The molecule has 0 heterocycles. The standard InChI is InChI=1S/C22H28BrN5O6S/c1-3-12-27(35(33,34)20-10-8-19(9-11-20)28(31)32)15-21(29)26-16(2)13-24-22(30)25-14-17-4-6-18(23)7-5-17/h4-11,16H,3,12-15H2,1-2H3,(H,26,29)(H2,24,25,30). The van der Waals surface area contributed by atoms with Crippen molar-refractivity contribution in [1.82, 2.24) is 20.3 Å². The van der Waals surface area contributed by atoms with E-state index in [1.54, 1.807) is 13.8 Å². The normalized spacial score (nSPS) is 12.1. The fourth-order valence-corrected chi connectivity index (χ4v) is 4.80. The van der Waals surface area contributed by atoms with E-state index in [9.17, 15) is 28.1 Å². The monoisotopic (exact) mass is 569 g/mol. The van der Waals surface area contributed by atoms with E-state index in [2.05, 4.69) is 31.9 Å². The van der Waals surface area contributed by atoms with Crippen molar-refractivity contribution in [3.8, 4) is 0 Å². The number of nitro benzene ring substituents is 1. The van der Waals surface area contributed by atoms with Gasteiger partial charge in [-0.15, -0.1) is 0 Å². The molecule has 0 saturated heterocycles. The van der Waals surface area contributed by atoms with Gasteiger partial charge in [-0.3, -0.25) is 14.9 Å². The Kier molecular flexibility index (Phi) is 10.6. The molecule has 0 spiro atoms. The number of sulfonamides is 1. The number of benzene rings is 2. The summed E-state index contributed by atoms with van der Waals surface area (Å²) in [6.07, 6.45) is 0.467. The summed E-state index contributed by atoms with van der Waals surface area (Å²) in [6.45, 7) is 3.61. The van der Waals surface area contributed by atoms with Crippen molar-refractivity contribution in [3.63, 3.8) is 0 Å². The molecule has 0 aliphatic carbocycles. The van der Waals surface area contributed by atoms with Crippen molar-refractivity contribution in [2.24, 2.45) is 0 Å². The van der Waals surface area contributed by atoms with Crippen LogP contribution >= 0.6 is 15.9 Å². The molecular formula is C22H28BrN5O6S. The fourth-order valence-electron chi connectivity index (χ4n) is 3.05. The molecule has 2 aromatic carbocycles. The van der Waals surface area contributed by atoms with E-state index in [4.69, 9.17) is 0 Å². The van der Waals surface area contributed by atoms with Gasteiger partial charge in [-0.25, -0.2) is 13.2 Å². The summed E-state index contributed by atoms with van der Waals surface area (Å²) in [5.41, 5.74) is 0.695. The maximum Gasteiger partial charge on any atom is 0.315 e. The van der Waals surface area contributed by atoms with Crippen LogP contribution in [0.2, 0.25) is 0 Å². The average molecular weight is 570 g/mol. The summed E-state index contributed by atoms with van der Waals surface area (Å²) in [7, 11) is -4.03. The molecule has 1 atom stereocenters. The molecule has 1 unspecified atom stereocenters. The summed E-state index contributed by atoms with van der Waals surface area (Å²) in [5, 5.41) is 18.9. The Labute approximate surface area is 212 Å². The highest BCUT2D eigenvalue weighted by Crippen LogP contribution is 2.19. The molecule has 3 N–H and O–H groups in total. The zero-order valence-electron chi connectivity index (χ0n) is 19.4. The van der Waals surface area contributed by atoms with Crippen molar-refractivity contribution < 1.29 is 22.9 Å². The predicted octanol–water partition coefficient (Wildman–Crippen LogP) is 2.76. The van der Waals surface area contributed by atoms with Gasteiger partial charge in [0.25, 0.3) is 5.69 Å². The van der Waals surface area contributed by atoms with Gasteiger partial charge < -0.3 is 16.0 Å². The minimum Gasteiger partial charge on any atom is -0.351 e. The van der Waals surface area contributed by atoms with Crippen LogP contribution in [-0.2, 0) is 21.4 Å². The summed E-state index contributed by atoms with van der Waals surface area (Å²) >= 11 is 3.35. The smallest absolute Gasteiger partial charge is 0.315 e. The lowest BCUT2D eigenvalue weighted by Gasteiger charge is -2.22. The van der Waals surface area contributed by atoms with Gasteiger partial charge in [-0.2, -0.15) is 4.31 Å². The van der Waals surface area contributed by atoms with E-state index in [1.807, 2.05) is 24.3 Å². The van der Waals surface area contributed by atoms with E-state index < -0.39 is 39.5 Å². The number of carbonyl (C=O) groups excluding carboxylic acids is 2. The van der Waals surface area contributed by atoms with Crippen molar-refractivity contribution in [1.29, 1.82) is 0 Å². The number of carbonyl (C=O) groups is 2. The molecule has 0 saturated carbocycles. The van der Waals surface area contributed by atoms with Crippen molar-refractivity contribution in [2.45, 2.75) is 37.8 Å². The first-order valence-corrected chi connectivity index (χ1v) is 13.1. The minimum absolute atomic E-state index is 0.0951. The SMILES string of the molecule is CCCN(CC(=O)NC(C)CNC(=O)NCc1ccc(Br)cc1)S(=O)(=O)c1ccc([N+](=O)[O-])cc1. The number of nitrogens with zero attached hydrogens (tertiary/aromatic N) is 2. The van der Waals surface area contributed by atoms with Crippen LogP contribution in [0.1, 0.15) is 25.8 Å². The van der Waals surface area contributed by atoms with Crippen molar-refractivity contribution in [2.75, 3.05) is 19.6 Å². The Morgan fingerprint density at radius 3 is 2.29 bits per heavy atom. The van der Waals surface area contributed by atoms with Gasteiger partial charge in [0.15, 0.2) is 0 Å². The number of halogens is 1. The molecule has 13 heteroatoms. The van der Waals surface area contributed by atoms with Crippen molar-refractivity contribution in [3.05, 3.63) is 68.7 Å². The highest BCUT2D eigenvalue weighted by Gasteiger charge is 2.27. The summed E-state index contributed by atoms with van der Waals surface area (Å²) in [4.78, 5) is 34.6. The van der Waals surface area contributed by atoms with Gasteiger partial charge >= 0.3 is 6.03 Å². The predicted molar refractivity (Wildman–Crippen MR) is 134 cm³/mol. The van der Waals surface area contributed by atoms with Crippen LogP contribution in [-0.4, -0.2) is 55.3 Å². The van der Waals surface area contributed by atoms with Gasteiger partial charge in [0, 0.05) is 42.3 Å². The van der Waals surface area contributed by atoms with Gasteiger partial charge in [0.05, 0.1) is 16.4 Å². The third kappa shape index (κ3) is 8.92. The number of nitro groups is 1. The summed E-state index contributed by atoms with van der Waals surface area (Å²) in [5.74, 6) is -0.534. The number of urea groups is 1. The zero-order chi connectivity index (χ0) is 26.0. The summed E-state index contributed by atoms with van der Waals surface area (Å²) in [6, 6.07) is 11.1. The van der Waals surface area contributed by atoms with E-state index in [1.165, 1.54) is 0 Å². The number of hydrogen-bond acceptors (Lipinski definition) is 6. The Balaban J connectivity index is 1.87. The van der Waals surface area contributed by atoms with Gasteiger partial charge in [-0.1, -0.05) is 35.0 Å². The van der Waals surface area contributed by atoms with Gasteiger partial charge in [0.1, 0.15) is 0 Å². The molecule has 190 valence electrons. The number of amides is 3. The van der Waals surface area contributed by atoms with Crippen LogP contribution in [0.4, 0.5) is 10.5 Å². The van der Waals surface area contributed by atoms with E-state index in [0.717, 1.165) is 38.6 Å². The minimum atomic E-state index is -4.03. The van der Waals surface area contributed by atoms with Crippen LogP contribution in [0.5, 0.6) is 0 Å². The maximum atomic E-state index is 13.0. The average Bonchev–Trinajstić information content (AvgIpc) is 2.82. The van der Waals surface area contributed by atoms with Crippen LogP contribution < -0.4 is 16.0 Å². The molecule has 0 aliphatic heterocycles. The molecule has 0 bridgehead atoms. The molecule has 0 radical (unpaired) electrons. The Hall–Kier alpha value is -3.03. The number of nitrogens with one attached hydrogen (secondary N) is 3. The molecule has 35 heavy (non-hydrogen) atoms. The van der Waals surface area contributed by atoms with E-state index >= 15 is 0 Å². The Morgan fingerprint density at radius 2 is 1.71 bits per heavy atom. The van der Waals surface area contributed by atoms with Crippen LogP contribution in [0, 0.1) is 10.1 Å². The summed E-state index contributed by atoms with van der Waals surface area (Å²) < 4.78 is 27.9. The third-order valence-corrected chi connectivity index (χ3v) is 7.21. The first-order valence-electron chi connectivity index (χ1n) is 10.8. The molecular weight excluding hydrogens is 542 g/mol. The van der Waals surface area contributed by atoms with E-state index in [0.29, 0.717) is 13.0 Å². The second-order valence-corrected chi connectivity index (χ2v) is 10.6. The largest absolute Gasteiger partial charge is 0.351 e. The Morgan fingerprint density at radius 1 is 1.09 bits per heavy atom. The molecule has 11 nitrogen and oxygen atoms in total. The highest BCUT2D eigenvalue weighted by atomic mass is 79.9. The number of hydrogen-bond donors (Lipinski definition) is 3. The third-order valence-electron chi connectivity index (χ3n) is 4.82. The Bertz CT molecular complexity index is 1130. The number of non-ortho nitro benzene ring substituents is 1. The van der Waals surface area contributed by atoms with Crippen LogP contribution in [0.25, 0.3) is 0 Å². The first kappa shape index (κ1) is 28.2. The molecule has 0 aromatic heterocycles. The van der Waals surface area contributed by atoms with Gasteiger partial charge in [0.2, 0.25) is 15.9 Å². The first-order chi connectivity index (χ1) is 16.5. The lowest BCUT2D eigenvalue weighted by Crippen LogP contribution is -2.48. The number of rotatable bonds is 12. The second kappa shape index (κ2) is 13.2. The van der Waals surface area contributed by atoms with Gasteiger partial charge in [-0.05, 0) is 43.2 Å². The second-order valence-electron chi connectivity index (χ2n) is 7.75. The van der Waals surface area contributed by atoms with Crippen LogP contribution in [0.15, 0.2) is 57.9 Å². The lowest BCUT2D eigenvalue weighted by molar-refractivity contribution is -0.384. The zero-order valence-corrected chi connectivity index (χ0v) is 21.8. The lowest BCUT2D eigenvalue weighted by atomic mass is 10.2. The van der Waals surface area contributed by atoms with Crippen LogP contribution in [0.3, 0.4) is 0 Å². The van der Waals surface area contributed by atoms with Crippen molar-refractivity contribution >= 4 is 43.6 Å². The van der Waals surface area contributed by atoms with E-state index in [-0.39, 0.29) is 23.7 Å². The molecule has 0 fully saturated rings. The quantitative estimate of drug-likeness (QED) is 0.264.